The molecule has 2 aromatic rings. The Hall–Kier alpha value is -1.88. The van der Waals surface area contributed by atoms with Crippen molar-refractivity contribution in [1.82, 2.24) is 4.98 Å². The number of nitro groups is 1. The number of halogens is 1. The van der Waals surface area contributed by atoms with Crippen molar-refractivity contribution in [2.45, 2.75) is 26.2 Å². The molecule has 1 heterocycles. The SMILES string of the molecule is CNc1nc2c(Cl)cc([N+](=O)[O-])cc2cc1C(C)(C)C. The highest BCUT2D eigenvalue weighted by atomic mass is 35.5. The Kier molecular flexibility index (Phi) is 3.56. The molecule has 20 heavy (non-hydrogen) atoms. The van der Waals surface area contributed by atoms with Crippen LogP contribution in [0.5, 0.6) is 0 Å². The van der Waals surface area contributed by atoms with Crippen LogP contribution in [-0.2, 0) is 5.41 Å². The van der Waals surface area contributed by atoms with E-state index in [0.29, 0.717) is 10.9 Å². The Balaban J connectivity index is 2.81. The lowest BCUT2D eigenvalue weighted by Gasteiger charge is -2.22. The average molecular weight is 294 g/mol. The number of nitrogens with zero attached hydrogens (tertiary/aromatic N) is 2. The summed E-state index contributed by atoms with van der Waals surface area (Å²) in [7, 11) is 1.79. The van der Waals surface area contributed by atoms with Crippen LogP contribution in [0.15, 0.2) is 18.2 Å². The van der Waals surface area contributed by atoms with Gasteiger partial charge in [0.25, 0.3) is 5.69 Å². The molecule has 106 valence electrons. The summed E-state index contributed by atoms with van der Waals surface area (Å²) in [5.41, 5.74) is 1.40. The van der Waals surface area contributed by atoms with Crippen molar-refractivity contribution in [2.75, 3.05) is 12.4 Å². The first kappa shape index (κ1) is 14.5. The predicted molar refractivity (Wildman–Crippen MR) is 81.7 cm³/mol. The summed E-state index contributed by atoms with van der Waals surface area (Å²) in [6.07, 6.45) is 0. The van der Waals surface area contributed by atoms with E-state index in [2.05, 4.69) is 31.1 Å². The van der Waals surface area contributed by atoms with Crippen molar-refractivity contribution in [2.24, 2.45) is 0 Å². The van der Waals surface area contributed by atoms with Crippen LogP contribution in [0, 0.1) is 10.1 Å². The van der Waals surface area contributed by atoms with Gasteiger partial charge < -0.3 is 5.32 Å². The molecule has 0 atom stereocenters. The summed E-state index contributed by atoms with van der Waals surface area (Å²) >= 11 is 6.11. The number of nitrogens with one attached hydrogen (secondary N) is 1. The van der Waals surface area contributed by atoms with Crippen molar-refractivity contribution in [3.63, 3.8) is 0 Å². The second-order valence-electron chi connectivity index (χ2n) is 5.64. The largest absolute Gasteiger partial charge is 0.373 e. The van der Waals surface area contributed by atoms with Gasteiger partial charge in [-0.1, -0.05) is 32.4 Å². The zero-order chi connectivity index (χ0) is 15.1. The van der Waals surface area contributed by atoms with E-state index < -0.39 is 4.92 Å². The van der Waals surface area contributed by atoms with E-state index in [1.54, 1.807) is 7.05 Å². The number of rotatable bonds is 2. The van der Waals surface area contributed by atoms with E-state index in [4.69, 9.17) is 11.6 Å². The molecule has 0 bridgehead atoms. The van der Waals surface area contributed by atoms with Crippen molar-refractivity contribution in [3.8, 4) is 0 Å². The third-order valence-corrected chi connectivity index (χ3v) is 3.40. The number of non-ortho nitro benzene ring substituents is 1. The van der Waals surface area contributed by atoms with E-state index >= 15 is 0 Å². The van der Waals surface area contributed by atoms with Gasteiger partial charge in [-0.3, -0.25) is 10.1 Å². The Morgan fingerprint density at radius 2 is 1.95 bits per heavy atom. The lowest BCUT2D eigenvalue weighted by molar-refractivity contribution is -0.384. The number of anilines is 1. The molecule has 0 radical (unpaired) electrons. The fourth-order valence-corrected chi connectivity index (χ4v) is 2.36. The van der Waals surface area contributed by atoms with Gasteiger partial charge in [0.1, 0.15) is 5.82 Å². The summed E-state index contributed by atoms with van der Waals surface area (Å²) in [4.78, 5) is 15.0. The molecule has 5 nitrogen and oxygen atoms in total. The molecule has 0 spiro atoms. The molecule has 0 aliphatic rings. The average Bonchev–Trinajstić information content (AvgIpc) is 2.36. The lowest BCUT2D eigenvalue weighted by Crippen LogP contribution is -2.15. The van der Waals surface area contributed by atoms with Crippen LogP contribution in [0.3, 0.4) is 0 Å². The van der Waals surface area contributed by atoms with Gasteiger partial charge >= 0.3 is 0 Å². The molecule has 1 aromatic heterocycles. The predicted octanol–water partition coefficient (Wildman–Crippen LogP) is 4.14. The van der Waals surface area contributed by atoms with E-state index in [-0.39, 0.29) is 16.1 Å². The smallest absolute Gasteiger partial charge is 0.271 e. The van der Waals surface area contributed by atoms with Gasteiger partial charge in [0.15, 0.2) is 0 Å². The molecule has 6 heteroatoms. The summed E-state index contributed by atoms with van der Waals surface area (Å²) < 4.78 is 0. The molecule has 0 aliphatic carbocycles. The van der Waals surface area contributed by atoms with Crippen molar-refractivity contribution in [1.29, 1.82) is 0 Å². The molecule has 2 rings (SSSR count). The van der Waals surface area contributed by atoms with Crippen LogP contribution >= 0.6 is 11.6 Å². The van der Waals surface area contributed by atoms with Gasteiger partial charge in [-0.25, -0.2) is 4.98 Å². The van der Waals surface area contributed by atoms with Gasteiger partial charge in [0.05, 0.1) is 15.5 Å². The maximum Gasteiger partial charge on any atom is 0.271 e. The highest BCUT2D eigenvalue weighted by molar-refractivity contribution is 6.35. The van der Waals surface area contributed by atoms with E-state index in [1.807, 2.05) is 6.07 Å². The fourth-order valence-electron chi connectivity index (χ4n) is 2.10. The molecule has 0 unspecified atom stereocenters. The van der Waals surface area contributed by atoms with Crippen LogP contribution in [0.2, 0.25) is 5.02 Å². The van der Waals surface area contributed by atoms with Crippen LogP contribution in [0.4, 0.5) is 11.5 Å². The summed E-state index contributed by atoms with van der Waals surface area (Å²) in [5.74, 6) is 0.737. The maximum absolute atomic E-state index is 10.9. The number of fused-ring (bicyclic) bond motifs is 1. The minimum atomic E-state index is -0.450. The highest BCUT2D eigenvalue weighted by Crippen LogP contribution is 2.35. The first-order valence-electron chi connectivity index (χ1n) is 6.21. The molecule has 1 N–H and O–H groups in total. The van der Waals surface area contributed by atoms with Crippen molar-refractivity contribution < 1.29 is 4.92 Å². The molecule has 1 aromatic carbocycles. The van der Waals surface area contributed by atoms with E-state index in [9.17, 15) is 10.1 Å². The zero-order valence-corrected chi connectivity index (χ0v) is 12.6. The lowest BCUT2D eigenvalue weighted by atomic mass is 9.86. The van der Waals surface area contributed by atoms with Gasteiger partial charge in [0.2, 0.25) is 0 Å². The number of hydrogen-bond donors (Lipinski definition) is 1. The normalized spacial score (nSPS) is 11.7. The van der Waals surface area contributed by atoms with Gasteiger partial charge in [-0.15, -0.1) is 0 Å². The fraction of sp³-hybridized carbons (Fsp3) is 0.357. The number of benzene rings is 1. The van der Waals surface area contributed by atoms with E-state index in [1.165, 1.54) is 12.1 Å². The highest BCUT2D eigenvalue weighted by Gasteiger charge is 2.21. The second-order valence-corrected chi connectivity index (χ2v) is 6.05. The molecule has 0 fully saturated rings. The zero-order valence-electron chi connectivity index (χ0n) is 11.8. The van der Waals surface area contributed by atoms with Crippen LogP contribution < -0.4 is 5.32 Å². The third-order valence-electron chi connectivity index (χ3n) is 3.11. The topological polar surface area (TPSA) is 68.1 Å². The Labute approximate surface area is 122 Å². The Morgan fingerprint density at radius 1 is 1.30 bits per heavy atom. The monoisotopic (exact) mass is 293 g/mol. The van der Waals surface area contributed by atoms with Crippen molar-refractivity contribution in [3.05, 3.63) is 38.9 Å². The van der Waals surface area contributed by atoms with Crippen LogP contribution in [-0.4, -0.2) is 17.0 Å². The summed E-state index contributed by atoms with van der Waals surface area (Å²) in [6.45, 7) is 6.20. The summed E-state index contributed by atoms with van der Waals surface area (Å²) in [6, 6.07) is 4.74. The minimum Gasteiger partial charge on any atom is -0.373 e. The van der Waals surface area contributed by atoms with E-state index in [0.717, 1.165) is 11.4 Å². The molecule has 0 amide bonds. The minimum absolute atomic E-state index is 0.0265. The third kappa shape index (κ3) is 2.54. The molecular formula is C14H16ClN3O2. The Bertz CT molecular complexity index is 693. The van der Waals surface area contributed by atoms with Gasteiger partial charge in [-0.2, -0.15) is 0 Å². The first-order valence-corrected chi connectivity index (χ1v) is 6.58. The summed E-state index contributed by atoms with van der Waals surface area (Å²) in [5, 5.41) is 14.9. The Morgan fingerprint density at radius 3 is 2.45 bits per heavy atom. The number of aromatic nitrogens is 1. The standard InChI is InChI=1S/C14H16ClN3O2/c1-14(2,3)10-6-8-5-9(18(19)20)7-11(15)12(8)17-13(10)16-4/h5-7H,1-4H3,(H,16,17). The number of hydrogen-bond acceptors (Lipinski definition) is 4. The molecule has 0 saturated carbocycles. The van der Waals surface area contributed by atoms with Gasteiger partial charge in [-0.05, 0) is 11.5 Å². The van der Waals surface area contributed by atoms with Crippen LogP contribution in [0.25, 0.3) is 10.9 Å². The quantitative estimate of drug-likeness (QED) is 0.667. The van der Waals surface area contributed by atoms with Crippen molar-refractivity contribution >= 4 is 34.0 Å². The number of pyridine rings is 1. The molecule has 0 aliphatic heterocycles. The first-order chi connectivity index (χ1) is 9.24. The molecule has 0 saturated heterocycles. The maximum atomic E-state index is 10.9. The van der Waals surface area contributed by atoms with Gasteiger partial charge in [0, 0.05) is 30.1 Å². The number of nitro benzene ring substituents is 1. The second kappa shape index (κ2) is 4.90. The molecular weight excluding hydrogens is 278 g/mol. The van der Waals surface area contributed by atoms with Crippen LogP contribution in [0.1, 0.15) is 26.3 Å².